The first kappa shape index (κ1) is 31.9. The smallest absolute Gasteiger partial charge is 0.320 e. The number of carbonyl (C=O) groups is 1. The van der Waals surface area contributed by atoms with E-state index in [9.17, 15) is 9.90 Å². The number of hydrogen-bond acceptors (Lipinski definition) is 8. The molecule has 0 bridgehead atoms. The van der Waals surface area contributed by atoms with E-state index < -0.39 is 12.0 Å². The Balaban J connectivity index is 1.15. The molecule has 2 N–H and O–H groups in total. The fourth-order valence-corrected chi connectivity index (χ4v) is 6.77. The Hall–Kier alpha value is -4.05. The lowest BCUT2D eigenvalue weighted by Gasteiger charge is -2.32. The molecule has 1 unspecified atom stereocenters. The van der Waals surface area contributed by atoms with Gasteiger partial charge in [0.25, 0.3) is 0 Å². The van der Waals surface area contributed by atoms with Crippen molar-refractivity contribution in [2.45, 2.75) is 52.1 Å². The highest BCUT2D eigenvalue weighted by molar-refractivity contribution is 5.91. The first-order valence-corrected chi connectivity index (χ1v) is 16.6. The van der Waals surface area contributed by atoms with Gasteiger partial charge in [0.05, 0.1) is 6.61 Å². The lowest BCUT2D eigenvalue weighted by atomic mass is 9.95. The average Bonchev–Trinajstić information content (AvgIpc) is 3.06. The summed E-state index contributed by atoms with van der Waals surface area (Å²) in [5, 5.41) is 14.2. The van der Waals surface area contributed by atoms with Crippen LogP contribution < -0.4 is 10.1 Å². The van der Waals surface area contributed by atoms with Crippen LogP contribution in [0, 0.1) is 13.8 Å². The molecular formula is C37H46N6O3. The number of hydrogen-bond donors (Lipinski definition) is 2. The fraction of sp³-hybridized carbons (Fsp3) is 0.432. The summed E-state index contributed by atoms with van der Waals surface area (Å²) in [6.45, 7) is 12.0. The SMILES string of the molecule is Cc1c(Nc2nccc3cc(CN4CCCCC4C(=O)O)cnc23)cccc1-c1cccc(OCCCN2CCN(C)CC2)c1C. The lowest BCUT2D eigenvalue weighted by molar-refractivity contribution is -0.144. The Kier molecular flexibility index (Phi) is 10.1. The molecule has 2 aliphatic rings. The Morgan fingerprint density at radius 1 is 0.978 bits per heavy atom. The summed E-state index contributed by atoms with van der Waals surface area (Å²) in [7, 11) is 2.19. The van der Waals surface area contributed by atoms with E-state index in [-0.39, 0.29) is 0 Å². The highest BCUT2D eigenvalue weighted by Gasteiger charge is 2.28. The van der Waals surface area contributed by atoms with E-state index in [0.29, 0.717) is 25.4 Å². The van der Waals surface area contributed by atoms with Crippen LogP contribution in [0.5, 0.6) is 5.75 Å². The van der Waals surface area contributed by atoms with Gasteiger partial charge in [0.15, 0.2) is 5.82 Å². The number of piperazine rings is 1. The predicted octanol–water partition coefficient (Wildman–Crippen LogP) is 6.11. The third kappa shape index (κ3) is 7.33. The minimum absolute atomic E-state index is 0.433. The van der Waals surface area contributed by atoms with E-state index in [0.717, 1.165) is 109 Å². The minimum Gasteiger partial charge on any atom is -0.493 e. The summed E-state index contributed by atoms with van der Waals surface area (Å²) >= 11 is 0. The Morgan fingerprint density at radius 2 is 1.76 bits per heavy atom. The Morgan fingerprint density at radius 3 is 2.57 bits per heavy atom. The summed E-state index contributed by atoms with van der Waals surface area (Å²) in [4.78, 5) is 28.2. The maximum absolute atomic E-state index is 11.8. The maximum atomic E-state index is 11.8. The number of pyridine rings is 2. The van der Waals surface area contributed by atoms with Gasteiger partial charge in [-0.05, 0) is 98.8 Å². The number of carboxylic acid groups (broad SMARTS) is 1. The molecule has 6 rings (SSSR count). The van der Waals surface area contributed by atoms with Gasteiger partial charge in [-0.1, -0.05) is 30.7 Å². The molecule has 242 valence electrons. The van der Waals surface area contributed by atoms with Gasteiger partial charge in [0.1, 0.15) is 17.3 Å². The van der Waals surface area contributed by atoms with Crippen LogP contribution >= 0.6 is 0 Å². The third-order valence-corrected chi connectivity index (χ3v) is 9.57. The molecule has 9 nitrogen and oxygen atoms in total. The molecule has 0 spiro atoms. The van der Waals surface area contributed by atoms with Gasteiger partial charge >= 0.3 is 5.97 Å². The third-order valence-electron chi connectivity index (χ3n) is 9.57. The molecule has 0 amide bonds. The van der Waals surface area contributed by atoms with E-state index in [1.54, 1.807) is 6.20 Å². The standard InChI is InChI=1S/C37H46N6O3/c1-26-30(31-10-7-13-34(27(31)2)46-22-8-16-42-20-18-41(3)19-21-42)9-6-11-32(26)40-36-35-29(14-15-38-36)23-28(24-39-35)25-43-17-5-4-12-33(43)37(44)45/h6-7,9-11,13-15,23-24,33H,4-5,8,12,16-22,25H2,1-3H3,(H,38,40)(H,44,45). The second-order valence-electron chi connectivity index (χ2n) is 12.8. The molecule has 2 aromatic heterocycles. The van der Waals surface area contributed by atoms with Crippen LogP contribution in [0.4, 0.5) is 11.5 Å². The fourth-order valence-electron chi connectivity index (χ4n) is 6.77. The zero-order valence-corrected chi connectivity index (χ0v) is 27.3. The zero-order chi connectivity index (χ0) is 32.0. The first-order valence-electron chi connectivity index (χ1n) is 16.6. The van der Waals surface area contributed by atoms with Crippen molar-refractivity contribution >= 4 is 28.4 Å². The maximum Gasteiger partial charge on any atom is 0.320 e. The van der Waals surface area contributed by atoms with Gasteiger partial charge in [-0.2, -0.15) is 0 Å². The molecule has 2 fully saturated rings. The molecule has 0 aliphatic carbocycles. The molecule has 2 aliphatic heterocycles. The number of anilines is 2. The van der Waals surface area contributed by atoms with Crippen molar-refractivity contribution in [3.05, 3.63) is 77.6 Å². The quantitative estimate of drug-likeness (QED) is 0.192. The number of benzene rings is 2. The van der Waals surface area contributed by atoms with E-state index in [4.69, 9.17) is 9.72 Å². The van der Waals surface area contributed by atoms with Crippen molar-refractivity contribution < 1.29 is 14.6 Å². The van der Waals surface area contributed by atoms with Crippen LogP contribution in [-0.2, 0) is 11.3 Å². The van der Waals surface area contributed by atoms with E-state index >= 15 is 0 Å². The van der Waals surface area contributed by atoms with Gasteiger partial charge in [0, 0.05) is 62.7 Å². The predicted molar refractivity (Wildman–Crippen MR) is 184 cm³/mol. The van der Waals surface area contributed by atoms with Crippen LogP contribution in [0.1, 0.15) is 42.4 Å². The van der Waals surface area contributed by atoms with Gasteiger partial charge in [-0.15, -0.1) is 0 Å². The first-order chi connectivity index (χ1) is 22.4. The van der Waals surface area contributed by atoms with E-state index in [1.807, 2.05) is 12.3 Å². The van der Waals surface area contributed by atoms with Crippen molar-refractivity contribution in [3.63, 3.8) is 0 Å². The number of ether oxygens (including phenoxy) is 1. The molecule has 0 saturated carbocycles. The number of aromatic nitrogens is 2. The number of nitrogens with zero attached hydrogens (tertiary/aromatic N) is 5. The van der Waals surface area contributed by atoms with Crippen molar-refractivity contribution in [2.24, 2.45) is 0 Å². The van der Waals surface area contributed by atoms with Crippen molar-refractivity contribution in [2.75, 3.05) is 58.2 Å². The van der Waals surface area contributed by atoms with Crippen LogP contribution in [0.3, 0.4) is 0 Å². The lowest BCUT2D eigenvalue weighted by Crippen LogP contribution is -2.44. The molecule has 2 aromatic carbocycles. The molecule has 0 radical (unpaired) electrons. The van der Waals surface area contributed by atoms with E-state index in [2.05, 4.69) is 88.4 Å². The number of fused-ring (bicyclic) bond motifs is 1. The minimum atomic E-state index is -0.743. The summed E-state index contributed by atoms with van der Waals surface area (Å²) in [5.74, 6) is 0.885. The normalized spacial score (nSPS) is 18.1. The van der Waals surface area contributed by atoms with Gasteiger partial charge in [-0.25, -0.2) is 4.98 Å². The van der Waals surface area contributed by atoms with Crippen molar-refractivity contribution in [1.82, 2.24) is 24.7 Å². The summed E-state index contributed by atoms with van der Waals surface area (Å²) in [6, 6.07) is 16.2. The molecular weight excluding hydrogens is 576 g/mol. The Labute approximate surface area is 272 Å². The summed E-state index contributed by atoms with van der Waals surface area (Å²) in [6.07, 6.45) is 7.34. The number of likely N-dealkylation sites (tertiary alicyclic amines) is 1. The van der Waals surface area contributed by atoms with Crippen LogP contribution in [0.2, 0.25) is 0 Å². The molecule has 4 heterocycles. The molecule has 2 saturated heterocycles. The van der Waals surface area contributed by atoms with Crippen LogP contribution in [0.25, 0.3) is 22.0 Å². The Bertz CT molecular complexity index is 1670. The highest BCUT2D eigenvalue weighted by atomic mass is 16.5. The van der Waals surface area contributed by atoms with Gasteiger partial charge < -0.3 is 25.0 Å². The molecule has 1 atom stereocenters. The molecule has 46 heavy (non-hydrogen) atoms. The van der Waals surface area contributed by atoms with Crippen LogP contribution in [0.15, 0.2) is 60.9 Å². The second kappa shape index (κ2) is 14.6. The van der Waals surface area contributed by atoms with Crippen molar-refractivity contribution in [1.29, 1.82) is 0 Å². The second-order valence-corrected chi connectivity index (χ2v) is 12.8. The van der Waals surface area contributed by atoms with E-state index in [1.165, 1.54) is 0 Å². The van der Waals surface area contributed by atoms with Gasteiger partial charge in [0.2, 0.25) is 0 Å². The zero-order valence-electron chi connectivity index (χ0n) is 27.3. The number of nitrogens with one attached hydrogen (secondary N) is 1. The monoisotopic (exact) mass is 622 g/mol. The number of aliphatic carboxylic acids is 1. The summed E-state index contributed by atoms with van der Waals surface area (Å²) in [5.41, 5.74) is 7.33. The topological polar surface area (TPSA) is 94.1 Å². The number of likely N-dealkylation sites (N-methyl/N-ethyl adjacent to an activating group) is 1. The summed E-state index contributed by atoms with van der Waals surface area (Å²) < 4.78 is 6.30. The largest absolute Gasteiger partial charge is 0.493 e. The van der Waals surface area contributed by atoms with Crippen molar-refractivity contribution in [3.8, 4) is 16.9 Å². The highest BCUT2D eigenvalue weighted by Crippen LogP contribution is 2.36. The number of carboxylic acids is 1. The number of rotatable bonds is 11. The number of piperidine rings is 1. The molecule has 4 aromatic rings. The van der Waals surface area contributed by atoms with Crippen LogP contribution in [-0.4, -0.2) is 94.7 Å². The van der Waals surface area contributed by atoms with Gasteiger partial charge in [-0.3, -0.25) is 14.7 Å². The molecule has 9 heteroatoms. The average molecular weight is 623 g/mol.